The van der Waals surface area contributed by atoms with E-state index in [2.05, 4.69) is 26.0 Å². The van der Waals surface area contributed by atoms with E-state index in [9.17, 15) is 4.79 Å². The molecule has 1 aromatic heterocycles. The zero-order valence-electron chi connectivity index (χ0n) is 12.7. The summed E-state index contributed by atoms with van der Waals surface area (Å²) in [5.74, 6) is 8.23. The van der Waals surface area contributed by atoms with Gasteiger partial charge in [0.2, 0.25) is 5.91 Å². The lowest BCUT2D eigenvalue weighted by molar-refractivity contribution is -0.120. The number of hydrogen-bond donors (Lipinski definition) is 4. The van der Waals surface area contributed by atoms with Crippen LogP contribution in [0.25, 0.3) is 0 Å². The molecule has 1 aliphatic carbocycles. The zero-order chi connectivity index (χ0) is 15.2. The fraction of sp³-hybridized carbons (Fsp3) is 0.643. The summed E-state index contributed by atoms with van der Waals surface area (Å²) in [5, 5.41) is 6.06. The van der Waals surface area contributed by atoms with Crippen LogP contribution in [0.15, 0.2) is 0 Å². The number of nitrogens with one attached hydrogen (secondary N) is 3. The van der Waals surface area contributed by atoms with E-state index >= 15 is 0 Å². The molecule has 1 saturated carbocycles. The maximum absolute atomic E-state index is 11.6. The van der Waals surface area contributed by atoms with Gasteiger partial charge in [-0.2, -0.15) is 0 Å². The first-order valence-corrected chi connectivity index (χ1v) is 7.51. The third-order valence-electron chi connectivity index (χ3n) is 3.46. The number of nitrogens with two attached hydrogens (primary N) is 1. The van der Waals surface area contributed by atoms with Crippen LogP contribution in [-0.2, 0) is 4.79 Å². The number of hydrazine groups is 1. The minimum atomic E-state index is 0.0515. The van der Waals surface area contributed by atoms with E-state index in [-0.39, 0.29) is 5.91 Å². The largest absolute Gasteiger partial charge is 0.369 e. The molecule has 0 atom stereocenters. The SMILES string of the molecule is CCCNC(=O)CCNc1nc(C2CC2)nc(NN)c1C. The van der Waals surface area contributed by atoms with Crippen molar-refractivity contribution in [2.24, 2.45) is 5.84 Å². The molecule has 7 heteroatoms. The van der Waals surface area contributed by atoms with Gasteiger partial charge >= 0.3 is 0 Å². The first kappa shape index (κ1) is 15.5. The average molecular weight is 292 g/mol. The molecular weight excluding hydrogens is 268 g/mol. The molecule has 1 aliphatic rings. The summed E-state index contributed by atoms with van der Waals surface area (Å²) < 4.78 is 0. The molecule has 0 unspecified atom stereocenters. The Kier molecular flexibility index (Phi) is 5.32. The summed E-state index contributed by atoms with van der Waals surface area (Å²) >= 11 is 0. The van der Waals surface area contributed by atoms with E-state index in [1.165, 1.54) is 0 Å². The quantitative estimate of drug-likeness (QED) is 0.425. The molecule has 21 heavy (non-hydrogen) atoms. The molecule has 116 valence electrons. The van der Waals surface area contributed by atoms with Gasteiger partial charge in [0, 0.05) is 31.0 Å². The lowest BCUT2D eigenvalue weighted by Crippen LogP contribution is -2.26. The highest BCUT2D eigenvalue weighted by molar-refractivity contribution is 5.76. The van der Waals surface area contributed by atoms with E-state index < -0.39 is 0 Å². The van der Waals surface area contributed by atoms with Crippen molar-refractivity contribution in [1.82, 2.24) is 15.3 Å². The van der Waals surface area contributed by atoms with Gasteiger partial charge in [0.25, 0.3) is 0 Å². The number of carbonyl (C=O) groups is 1. The highest BCUT2D eigenvalue weighted by atomic mass is 16.1. The lowest BCUT2D eigenvalue weighted by Gasteiger charge is -2.13. The highest BCUT2D eigenvalue weighted by Crippen LogP contribution is 2.39. The second-order valence-electron chi connectivity index (χ2n) is 5.35. The van der Waals surface area contributed by atoms with Gasteiger partial charge in [0.05, 0.1) is 0 Å². The molecule has 0 aliphatic heterocycles. The second-order valence-corrected chi connectivity index (χ2v) is 5.35. The summed E-state index contributed by atoms with van der Waals surface area (Å²) in [6, 6.07) is 0. The zero-order valence-corrected chi connectivity index (χ0v) is 12.7. The number of aromatic nitrogens is 2. The monoisotopic (exact) mass is 292 g/mol. The van der Waals surface area contributed by atoms with Gasteiger partial charge < -0.3 is 16.1 Å². The number of nitrogen functional groups attached to an aromatic ring is 1. The molecule has 0 aromatic carbocycles. The molecular formula is C14H24N6O. The molecule has 5 N–H and O–H groups in total. The Bertz CT molecular complexity index is 500. The molecule has 1 heterocycles. The van der Waals surface area contributed by atoms with Crippen LogP contribution in [0.3, 0.4) is 0 Å². The minimum Gasteiger partial charge on any atom is -0.369 e. The molecule has 7 nitrogen and oxygen atoms in total. The van der Waals surface area contributed by atoms with Crippen LogP contribution in [0.4, 0.5) is 11.6 Å². The lowest BCUT2D eigenvalue weighted by atomic mass is 10.2. The molecule has 0 radical (unpaired) electrons. The van der Waals surface area contributed by atoms with Gasteiger partial charge in [0.1, 0.15) is 17.5 Å². The van der Waals surface area contributed by atoms with Gasteiger partial charge in [-0.25, -0.2) is 15.8 Å². The van der Waals surface area contributed by atoms with Crippen LogP contribution in [0.2, 0.25) is 0 Å². The van der Waals surface area contributed by atoms with Crippen LogP contribution in [-0.4, -0.2) is 29.0 Å². The fourth-order valence-corrected chi connectivity index (χ4v) is 2.02. The van der Waals surface area contributed by atoms with Crippen molar-refractivity contribution in [1.29, 1.82) is 0 Å². The maximum Gasteiger partial charge on any atom is 0.221 e. The van der Waals surface area contributed by atoms with Crippen LogP contribution >= 0.6 is 0 Å². The third kappa shape index (κ3) is 4.29. The van der Waals surface area contributed by atoms with Crippen molar-refractivity contribution in [3.05, 3.63) is 11.4 Å². The normalized spacial score (nSPS) is 13.9. The number of anilines is 2. The molecule has 1 fully saturated rings. The number of nitrogens with zero attached hydrogens (tertiary/aromatic N) is 2. The summed E-state index contributed by atoms with van der Waals surface area (Å²) in [7, 11) is 0. The Hall–Kier alpha value is -1.89. The first-order valence-electron chi connectivity index (χ1n) is 7.51. The van der Waals surface area contributed by atoms with Crippen molar-refractivity contribution in [2.75, 3.05) is 23.8 Å². The van der Waals surface area contributed by atoms with Crippen molar-refractivity contribution in [2.45, 2.75) is 45.4 Å². The predicted molar refractivity (Wildman–Crippen MR) is 83.0 cm³/mol. The topological polar surface area (TPSA) is 105 Å². The Morgan fingerprint density at radius 2 is 2.00 bits per heavy atom. The van der Waals surface area contributed by atoms with E-state index in [1.807, 2.05) is 13.8 Å². The second kappa shape index (κ2) is 7.21. The fourth-order valence-electron chi connectivity index (χ4n) is 2.02. The summed E-state index contributed by atoms with van der Waals surface area (Å²) in [6.07, 6.45) is 3.63. The molecule has 1 aromatic rings. The van der Waals surface area contributed by atoms with Gasteiger partial charge in [-0.3, -0.25) is 4.79 Å². The molecule has 0 bridgehead atoms. The molecule has 0 spiro atoms. The number of hydrogen-bond acceptors (Lipinski definition) is 6. The molecule has 0 saturated heterocycles. The van der Waals surface area contributed by atoms with Crippen LogP contribution in [0.1, 0.15) is 49.9 Å². The van der Waals surface area contributed by atoms with E-state index in [0.29, 0.717) is 24.7 Å². The van der Waals surface area contributed by atoms with Gasteiger partial charge in [-0.05, 0) is 26.2 Å². The van der Waals surface area contributed by atoms with Crippen LogP contribution < -0.4 is 21.9 Å². The Morgan fingerprint density at radius 1 is 1.29 bits per heavy atom. The van der Waals surface area contributed by atoms with Gasteiger partial charge in [-0.15, -0.1) is 0 Å². The Balaban J connectivity index is 1.95. The summed E-state index contributed by atoms with van der Waals surface area (Å²) in [4.78, 5) is 20.6. The van der Waals surface area contributed by atoms with E-state index in [1.54, 1.807) is 0 Å². The van der Waals surface area contributed by atoms with Crippen LogP contribution in [0, 0.1) is 6.92 Å². The number of rotatable bonds is 8. The average Bonchev–Trinajstić information content (AvgIpc) is 3.31. The Labute approximate surface area is 125 Å². The number of carbonyl (C=O) groups excluding carboxylic acids is 1. The van der Waals surface area contributed by atoms with Gasteiger partial charge in [0.15, 0.2) is 0 Å². The number of amides is 1. The first-order chi connectivity index (χ1) is 10.2. The molecule has 1 amide bonds. The van der Waals surface area contributed by atoms with Crippen molar-refractivity contribution < 1.29 is 4.79 Å². The third-order valence-corrected chi connectivity index (χ3v) is 3.46. The maximum atomic E-state index is 11.6. The van der Waals surface area contributed by atoms with Crippen molar-refractivity contribution >= 4 is 17.5 Å². The van der Waals surface area contributed by atoms with E-state index in [4.69, 9.17) is 5.84 Å². The smallest absolute Gasteiger partial charge is 0.221 e. The van der Waals surface area contributed by atoms with E-state index in [0.717, 1.165) is 43.0 Å². The highest BCUT2D eigenvalue weighted by Gasteiger charge is 2.28. The summed E-state index contributed by atoms with van der Waals surface area (Å²) in [6.45, 7) is 5.20. The Morgan fingerprint density at radius 3 is 2.62 bits per heavy atom. The van der Waals surface area contributed by atoms with Crippen molar-refractivity contribution in [3.63, 3.8) is 0 Å². The summed E-state index contributed by atoms with van der Waals surface area (Å²) in [5.41, 5.74) is 3.49. The predicted octanol–water partition coefficient (Wildman–Crippen LogP) is 1.28. The minimum absolute atomic E-state index is 0.0515. The standard InChI is InChI=1S/C14H24N6O/c1-3-7-16-11(21)6-8-17-12-9(2)13(20-15)19-14(18-12)10-4-5-10/h10H,3-8,15H2,1-2H3,(H,16,21)(H2,17,18,19,20). The van der Waals surface area contributed by atoms with Gasteiger partial charge in [-0.1, -0.05) is 6.92 Å². The van der Waals surface area contributed by atoms with Crippen molar-refractivity contribution in [3.8, 4) is 0 Å². The molecule has 2 rings (SSSR count). The van der Waals surface area contributed by atoms with Crippen LogP contribution in [0.5, 0.6) is 0 Å².